The monoisotopic (exact) mass is 409 g/mol. The van der Waals surface area contributed by atoms with Gasteiger partial charge in [0, 0.05) is 21.8 Å². The second-order valence-electron chi connectivity index (χ2n) is 6.61. The number of benzene rings is 2. The fourth-order valence-electron chi connectivity index (χ4n) is 3.47. The molecule has 0 saturated heterocycles. The average Bonchev–Trinajstić information content (AvgIpc) is 3.11. The number of primary amides is 1. The van der Waals surface area contributed by atoms with Crippen molar-refractivity contribution in [1.29, 1.82) is 0 Å². The minimum absolute atomic E-state index is 0.414. The summed E-state index contributed by atoms with van der Waals surface area (Å²) in [5.74, 6) is 1.18. The van der Waals surface area contributed by atoms with E-state index in [1.807, 2.05) is 43.3 Å². The van der Waals surface area contributed by atoms with Gasteiger partial charge in [0.15, 0.2) is 5.82 Å². The van der Waals surface area contributed by atoms with Crippen molar-refractivity contribution in [2.75, 3.05) is 11.9 Å². The zero-order valence-corrected chi connectivity index (χ0v) is 16.8. The van der Waals surface area contributed by atoms with Gasteiger partial charge in [-0.15, -0.1) is 5.10 Å². The molecule has 2 aromatic carbocycles. The van der Waals surface area contributed by atoms with Crippen LogP contribution >= 0.6 is 11.6 Å². The number of nitrogens with zero attached hydrogens (tertiary/aromatic N) is 3. The predicted octanol–water partition coefficient (Wildman–Crippen LogP) is 3.77. The van der Waals surface area contributed by atoms with E-state index in [0.717, 1.165) is 11.1 Å². The summed E-state index contributed by atoms with van der Waals surface area (Å²) in [5.41, 5.74) is 8.40. The molecule has 3 N–H and O–H groups in total. The number of aromatic nitrogens is 3. The van der Waals surface area contributed by atoms with E-state index in [0.29, 0.717) is 40.4 Å². The molecule has 4 rings (SSSR count). The van der Waals surface area contributed by atoms with Crippen molar-refractivity contribution >= 4 is 23.5 Å². The summed E-state index contributed by atoms with van der Waals surface area (Å²) in [6.45, 7) is 4.21. The van der Waals surface area contributed by atoms with E-state index in [2.05, 4.69) is 15.4 Å². The summed E-state index contributed by atoms with van der Waals surface area (Å²) >= 11 is 5.99. The van der Waals surface area contributed by atoms with Gasteiger partial charge in [0.1, 0.15) is 11.8 Å². The highest BCUT2D eigenvalue weighted by Crippen LogP contribution is 2.39. The third kappa shape index (κ3) is 3.45. The fourth-order valence-corrected chi connectivity index (χ4v) is 3.60. The first-order valence-corrected chi connectivity index (χ1v) is 9.59. The molecular formula is C21H20ClN5O2. The summed E-state index contributed by atoms with van der Waals surface area (Å²) in [4.78, 5) is 17.0. The molecule has 29 heavy (non-hydrogen) atoms. The zero-order valence-electron chi connectivity index (χ0n) is 16.0. The number of carbonyl (C=O) groups is 1. The number of nitrogens with one attached hydrogen (secondary N) is 1. The molecule has 1 aromatic heterocycles. The molecule has 2 heterocycles. The second kappa shape index (κ2) is 7.60. The lowest BCUT2D eigenvalue weighted by Crippen LogP contribution is -2.32. The van der Waals surface area contributed by atoms with Crippen LogP contribution in [-0.2, 0) is 4.79 Å². The Labute approximate surface area is 173 Å². The van der Waals surface area contributed by atoms with Gasteiger partial charge in [-0.3, -0.25) is 4.79 Å². The number of rotatable bonds is 5. The molecule has 1 atom stereocenters. The number of amides is 1. The molecule has 8 heteroatoms. The van der Waals surface area contributed by atoms with Gasteiger partial charge in [-0.05, 0) is 44.2 Å². The molecule has 1 aliphatic heterocycles. The normalized spacial score (nSPS) is 15.6. The Balaban J connectivity index is 1.89. The van der Waals surface area contributed by atoms with Gasteiger partial charge in [0.25, 0.3) is 0 Å². The van der Waals surface area contributed by atoms with Crippen LogP contribution in [0.1, 0.15) is 25.5 Å². The largest absolute Gasteiger partial charge is 0.494 e. The number of hydrogen-bond acceptors (Lipinski definition) is 5. The number of allylic oxidation sites excluding steroid dienone is 1. The first-order chi connectivity index (χ1) is 14.0. The Bertz CT molecular complexity index is 1100. The molecule has 1 amide bonds. The van der Waals surface area contributed by atoms with E-state index in [9.17, 15) is 4.79 Å². The molecule has 1 unspecified atom stereocenters. The lowest BCUT2D eigenvalue weighted by Gasteiger charge is -2.28. The first-order valence-electron chi connectivity index (χ1n) is 9.21. The molecule has 0 bridgehead atoms. The first kappa shape index (κ1) is 19.0. The van der Waals surface area contributed by atoms with Crippen molar-refractivity contribution in [2.45, 2.75) is 19.9 Å². The van der Waals surface area contributed by atoms with Crippen LogP contribution in [0.2, 0.25) is 5.02 Å². The number of halogens is 1. The van der Waals surface area contributed by atoms with Crippen molar-refractivity contribution < 1.29 is 9.53 Å². The summed E-state index contributed by atoms with van der Waals surface area (Å²) in [6.07, 6.45) is 0. The summed E-state index contributed by atoms with van der Waals surface area (Å²) in [5, 5.41) is 8.46. The van der Waals surface area contributed by atoms with Crippen LogP contribution in [-0.4, -0.2) is 27.3 Å². The van der Waals surface area contributed by atoms with Crippen molar-refractivity contribution in [3.05, 3.63) is 70.4 Å². The molecule has 0 fully saturated rings. The van der Waals surface area contributed by atoms with Crippen LogP contribution < -0.4 is 15.8 Å². The van der Waals surface area contributed by atoms with E-state index in [-0.39, 0.29) is 0 Å². The number of anilines is 1. The number of nitrogens with two attached hydrogens (primary N) is 1. The van der Waals surface area contributed by atoms with Gasteiger partial charge in [0.05, 0.1) is 12.2 Å². The van der Waals surface area contributed by atoms with Crippen LogP contribution in [0.25, 0.3) is 11.4 Å². The van der Waals surface area contributed by atoms with Crippen molar-refractivity contribution in [1.82, 2.24) is 14.8 Å². The van der Waals surface area contributed by atoms with Gasteiger partial charge in [-0.2, -0.15) is 4.98 Å². The van der Waals surface area contributed by atoms with Gasteiger partial charge in [-0.25, -0.2) is 4.68 Å². The van der Waals surface area contributed by atoms with E-state index < -0.39 is 11.9 Å². The lowest BCUT2D eigenvalue weighted by atomic mass is 9.94. The number of fused-ring (bicyclic) bond motifs is 1. The van der Waals surface area contributed by atoms with E-state index in [1.54, 1.807) is 23.7 Å². The van der Waals surface area contributed by atoms with Gasteiger partial charge < -0.3 is 15.8 Å². The third-order valence-electron chi connectivity index (χ3n) is 4.73. The lowest BCUT2D eigenvalue weighted by molar-refractivity contribution is -0.115. The van der Waals surface area contributed by atoms with Crippen LogP contribution in [0.15, 0.2) is 59.8 Å². The molecule has 148 valence electrons. The molecule has 0 aliphatic carbocycles. The van der Waals surface area contributed by atoms with Crippen LogP contribution in [0.3, 0.4) is 0 Å². The van der Waals surface area contributed by atoms with Crippen LogP contribution in [0.5, 0.6) is 5.75 Å². The third-order valence-corrected chi connectivity index (χ3v) is 4.99. The number of carbonyl (C=O) groups excluding carboxylic acids is 1. The Hall–Kier alpha value is -3.32. The SMILES string of the molecule is CCOc1ccccc1C1C(C(N)=O)=C(C)Nc2nc(-c3ccc(Cl)cc3)nn21. The summed E-state index contributed by atoms with van der Waals surface area (Å²) in [6, 6.07) is 14.3. The minimum Gasteiger partial charge on any atom is -0.494 e. The van der Waals surface area contributed by atoms with Crippen molar-refractivity contribution in [3.63, 3.8) is 0 Å². The Morgan fingerprint density at radius 1 is 1.24 bits per heavy atom. The average molecular weight is 410 g/mol. The Kier molecular flexibility index (Phi) is 4.98. The zero-order chi connectivity index (χ0) is 20.5. The Morgan fingerprint density at radius 3 is 2.66 bits per heavy atom. The number of para-hydroxylation sites is 1. The topological polar surface area (TPSA) is 95.1 Å². The smallest absolute Gasteiger partial charge is 0.248 e. The molecule has 0 spiro atoms. The van der Waals surface area contributed by atoms with Crippen molar-refractivity contribution in [2.24, 2.45) is 5.73 Å². The van der Waals surface area contributed by atoms with Crippen LogP contribution in [0.4, 0.5) is 5.95 Å². The quantitative estimate of drug-likeness (QED) is 0.668. The highest BCUT2D eigenvalue weighted by Gasteiger charge is 2.35. The number of ether oxygens (including phenoxy) is 1. The number of hydrogen-bond donors (Lipinski definition) is 2. The van der Waals surface area contributed by atoms with Gasteiger partial charge in [0.2, 0.25) is 11.9 Å². The van der Waals surface area contributed by atoms with Gasteiger partial charge >= 0.3 is 0 Å². The molecule has 0 saturated carbocycles. The maximum Gasteiger partial charge on any atom is 0.248 e. The molecule has 0 radical (unpaired) electrons. The summed E-state index contributed by atoms with van der Waals surface area (Å²) < 4.78 is 7.48. The van der Waals surface area contributed by atoms with E-state index >= 15 is 0 Å². The molecule has 3 aromatic rings. The predicted molar refractivity (Wildman–Crippen MR) is 112 cm³/mol. The highest BCUT2D eigenvalue weighted by molar-refractivity contribution is 6.30. The maximum absolute atomic E-state index is 12.3. The maximum atomic E-state index is 12.3. The minimum atomic E-state index is -0.556. The van der Waals surface area contributed by atoms with Crippen LogP contribution in [0, 0.1) is 0 Å². The van der Waals surface area contributed by atoms with Gasteiger partial charge in [-0.1, -0.05) is 29.8 Å². The fraction of sp³-hybridized carbons (Fsp3) is 0.190. The van der Waals surface area contributed by atoms with Crippen molar-refractivity contribution in [3.8, 4) is 17.1 Å². The summed E-state index contributed by atoms with van der Waals surface area (Å²) in [7, 11) is 0. The van der Waals surface area contributed by atoms with E-state index in [1.165, 1.54) is 0 Å². The second-order valence-corrected chi connectivity index (χ2v) is 7.05. The molecule has 7 nitrogen and oxygen atoms in total. The molecule has 1 aliphatic rings. The standard InChI is InChI=1S/C21H20ClN5O2/c1-3-29-16-7-5-4-6-15(16)18-17(19(23)28)12(2)24-21-25-20(26-27(18)21)13-8-10-14(22)11-9-13/h4-11,18H,3H2,1-2H3,(H2,23,28)(H,24,25,26). The highest BCUT2D eigenvalue weighted by atomic mass is 35.5. The molecular weight excluding hydrogens is 390 g/mol. The Morgan fingerprint density at radius 2 is 1.97 bits per heavy atom. The van der Waals surface area contributed by atoms with E-state index in [4.69, 9.17) is 22.1 Å².